The molecule has 0 spiro atoms. The van der Waals surface area contributed by atoms with E-state index in [0.717, 1.165) is 12.2 Å². The molecule has 3 heteroatoms. The van der Waals surface area contributed by atoms with Gasteiger partial charge in [-0.25, -0.2) is 0 Å². The van der Waals surface area contributed by atoms with Crippen molar-refractivity contribution in [2.75, 3.05) is 11.9 Å². The Morgan fingerprint density at radius 1 is 1.46 bits per heavy atom. The largest absolute Gasteiger partial charge is 0.507 e. The number of phenolic OH excluding ortho intramolecular Hbond substituents is 1. The van der Waals surface area contributed by atoms with Crippen LogP contribution in [-0.2, 0) is 5.60 Å². The molecule has 3 N–H and O–H groups in total. The van der Waals surface area contributed by atoms with Crippen molar-refractivity contribution in [3.05, 3.63) is 23.8 Å². The minimum absolute atomic E-state index is 0.162. The molecule has 0 amide bonds. The van der Waals surface area contributed by atoms with Gasteiger partial charge in [-0.1, -0.05) is 6.07 Å². The van der Waals surface area contributed by atoms with E-state index in [-0.39, 0.29) is 5.75 Å². The molecule has 1 atom stereocenters. The number of phenols is 1. The molecule has 1 aliphatic heterocycles. The van der Waals surface area contributed by atoms with E-state index >= 15 is 0 Å². The van der Waals surface area contributed by atoms with Crippen molar-refractivity contribution in [2.45, 2.75) is 18.9 Å². The molecule has 1 aromatic carbocycles. The fourth-order valence-electron chi connectivity index (χ4n) is 1.82. The van der Waals surface area contributed by atoms with E-state index in [9.17, 15) is 10.2 Å². The maximum atomic E-state index is 10.0. The number of anilines is 1. The summed E-state index contributed by atoms with van der Waals surface area (Å²) in [5.74, 6) is 0.162. The van der Waals surface area contributed by atoms with E-state index in [0.29, 0.717) is 12.0 Å². The predicted molar refractivity (Wildman–Crippen MR) is 50.8 cm³/mol. The van der Waals surface area contributed by atoms with Gasteiger partial charge >= 0.3 is 0 Å². The molecule has 1 unspecified atom stereocenters. The third-order valence-electron chi connectivity index (χ3n) is 2.51. The standard InChI is InChI=1S/C10H13NO2/c1-10(13)5-6-11-7-3-2-4-8(12)9(7)10/h2-4,11-13H,5-6H2,1H3. The third kappa shape index (κ3) is 1.25. The number of nitrogens with one attached hydrogen (secondary N) is 1. The lowest BCUT2D eigenvalue weighted by Gasteiger charge is -2.32. The first-order valence-electron chi connectivity index (χ1n) is 4.40. The number of benzene rings is 1. The summed E-state index contributed by atoms with van der Waals surface area (Å²) < 4.78 is 0. The van der Waals surface area contributed by atoms with Crippen molar-refractivity contribution < 1.29 is 10.2 Å². The maximum Gasteiger partial charge on any atom is 0.123 e. The Bertz CT molecular complexity index is 334. The predicted octanol–water partition coefficient (Wildman–Crippen LogP) is 1.42. The molecule has 0 saturated heterocycles. The molecule has 70 valence electrons. The van der Waals surface area contributed by atoms with Gasteiger partial charge in [-0.2, -0.15) is 0 Å². The van der Waals surface area contributed by atoms with Crippen molar-refractivity contribution in [1.29, 1.82) is 0 Å². The van der Waals surface area contributed by atoms with Crippen LogP contribution in [0.4, 0.5) is 5.69 Å². The summed E-state index contributed by atoms with van der Waals surface area (Å²) in [5.41, 5.74) is 0.531. The first-order chi connectivity index (χ1) is 6.11. The van der Waals surface area contributed by atoms with Crippen molar-refractivity contribution in [2.24, 2.45) is 0 Å². The van der Waals surface area contributed by atoms with Crippen LogP contribution in [0.3, 0.4) is 0 Å². The quantitative estimate of drug-likeness (QED) is 0.564. The summed E-state index contributed by atoms with van der Waals surface area (Å²) in [6.45, 7) is 2.47. The van der Waals surface area contributed by atoms with Crippen molar-refractivity contribution in [1.82, 2.24) is 0 Å². The fourth-order valence-corrected chi connectivity index (χ4v) is 1.82. The molecule has 3 nitrogen and oxygen atoms in total. The SMILES string of the molecule is CC1(O)CCNc2cccc(O)c21. The number of aromatic hydroxyl groups is 1. The van der Waals surface area contributed by atoms with Crippen LogP contribution in [0.2, 0.25) is 0 Å². The van der Waals surface area contributed by atoms with Gasteiger partial charge in [0.05, 0.1) is 5.60 Å². The average Bonchev–Trinajstić information content (AvgIpc) is 2.02. The van der Waals surface area contributed by atoms with E-state index < -0.39 is 5.60 Å². The van der Waals surface area contributed by atoms with Crippen LogP contribution in [0.5, 0.6) is 5.75 Å². The van der Waals surface area contributed by atoms with Crippen LogP contribution in [0.25, 0.3) is 0 Å². The smallest absolute Gasteiger partial charge is 0.123 e. The summed E-state index contributed by atoms with van der Waals surface area (Å²) >= 11 is 0. The number of aliphatic hydroxyl groups is 1. The summed E-state index contributed by atoms with van der Waals surface area (Å²) in [6, 6.07) is 5.23. The highest BCUT2D eigenvalue weighted by Gasteiger charge is 2.31. The van der Waals surface area contributed by atoms with E-state index in [1.165, 1.54) is 0 Å². The average molecular weight is 179 g/mol. The van der Waals surface area contributed by atoms with Crippen molar-refractivity contribution in [3.63, 3.8) is 0 Å². The number of hydrogen-bond acceptors (Lipinski definition) is 3. The summed E-state index contributed by atoms with van der Waals surface area (Å²) in [7, 11) is 0. The molecular formula is C10H13NO2. The van der Waals surface area contributed by atoms with Gasteiger partial charge in [0.25, 0.3) is 0 Å². The highest BCUT2D eigenvalue weighted by molar-refractivity contribution is 5.61. The highest BCUT2D eigenvalue weighted by Crippen LogP contribution is 2.40. The van der Waals surface area contributed by atoms with Crippen LogP contribution in [-0.4, -0.2) is 16.8 Å². The Morgan fingerprint density at radius 3 is 2.92 bits per heavy atom. The molecule has 1 aliphatic rings. The molecule has 1 aromatic rings. The lowest BCUT2D eigenvalue weighted by Crippen LogP contribution is -2.30. The Kier molecular flexibility index (Phi) is 1.70. The van der Waals surface area contributed by atoms with Crippen LogP contribution in [0.15, 0.2) is 18.2 Å². The number of rotatable bonds is 0. The van der Waals surface area contributed by atoms with Crippen molar-refractivity contribution >= 4 is 5.69 Å². The second kappa shape index (κ2) is 2.64. The summed E-state index contributed by atoms with van der Waals surface area (Å²) in [5, 5.41) is 22.7. The van der Waals surface area contributed by atoms with Crippen molar-refractivity contribution in [3.8, 4) is 5.75 Å². The first-order valence-corrected chi connectivity index (χ1v) is 4.40. The van der Waals surface area contributed by atoms with Crippen LogP contribution in [0, 0.1) is 0 Å². The van der Waals surface area contributed by atoms with Gasteiger partial charge in [0.15, 0.2) is 0 Å². The zero-order chi connectivity index (χ0) is 9.47. The van der Waals surface area contributed by atoms with Gasteiger partial charge in [-0.15, -0.1) is 0 Å². The summed E-state index contributed by atoms with van der Waals surface area (Å²) in [6.07, 6.45) is 0.623. The van der Waals surface area contributed by atoms with Crippen LogP contribution in [0.1, 0.15) is 18.9 Å². The Labute approximate surface area is 77.0 Å². The van der Waals surface area contributed by atoms with Gasteiger partial charge in [-0.05, 0) is 25.5 Å². The molecule has 0 bridgehead atoms. The summed E-state index contributed by atoms with van der Waals surface area (Å²) in [4.78, 5) is 0. The monoisotopic (exact) mass is 179 g/mol. The molecule has 0 aliphatic carbocycles. The van der Waals surface area contributed by atoms with Gasteiger partial charge in [0, 0.05) is 17.8 Å². The van der Waals surface area contributed by atoms with E-state index in [1.807, 2.05) is 6.07 Å². The van der Waals surface area contributed by atoms with Gasteiger partial charge in [-0.3, -0.25) is 0 Å². The molecular weight excluding hydrogens is 166 g/mol. The van der Waals surface area contributed by atoms with Gasteiger partial charge < -0.3 is 15.5 Å². The lowest BCUT2D eigenvalue weighted by atomic mass is 9.87. The minimum Gasteiger partial charge on any atom is -0.507 e. The normalized spacial score (nSPS) is 26.3. The van der Waals surface area contributed by atoms with Crippen LogP contribution >= 0.6 is 0 Å². The number of hydrogen-bond donors (Lipinski definition) is 3. The molecule has 13 heavy (non-hydrogen) atoms. The molecule has 0 fully saturated rings. The van der Waals surface area contributed by atoms with Gasteiger partial charge in [0.2, 0.25) is 0 Å². The molecule has 0 aromatic heterocycles. The second-order valence-corrected chi connectivity index (χ2v) is 3.65. The Morgan fingerprint density at radius 2 is 2.23 bits per heavy atom. The Hall–Kier alpha value is -1.22. The van der Waals surface area contributed by atoms with E-state index in [1.54, 1.807) is 19.1 Å². The fraction of sp³-hybridized carbons (Fsp3) is 0.400. The maximum absolute atomic E-state index is 10.0. The molecule has 0 saturated carbocycles. The highest BCUT2D eigenvalue weighted by atomic mass is 16.3. The topological polar surface area (TPSA) is 52.5 Å². The van der Waals surface area contributed by atoms with Crippen LogP contribution < -0.4 is 5.32 Å². The number of fused-ring (bicyclic) bond motifs is 1. The first kappa shape index (κ1) is 8.38. The zero-order valence-corrected chi connectivity index (χ0v) is 7.54. The van der Waals surface area contributed by atoms with E-state index in [2.05, 4.69) is 5.32 Å². The second-order valence-electron chi connectivity index (χ2n) is 3.65. The molecule has 0 radical (unpaired) electrons. The minimum atomic E-state index is -0.911. The third-order valence-corrected chi connectivity index (χ3v) is 2.51. The Balaban J connectivity index is 2.61. The van der Waals surface area contributed by atoms with E-state index in [4.69, 9.17) is 0 Å². The molecule has 2 rings (SSSR count). The zero-order valence-electron chi connectivity index (χ0n) is 7.54. The van der Waals surface area contributed by atoms with Gasteiger partial charge in [0.1, 0.15) is 5.75 Å². The lowest BCUT2D eigenvalue weighted by molar-refractivity contribution is 0.0463. The molecule has 1 heterocycles.